The van der Waals surface area contributed by atoms with Crippen LogP contribution >= 0.6 is 15.9 Å². The van der Waals surface area contributed by atoms with Gasteiger partial charge in [0.1, 0.15) is 12.4 Å². The van der Waals surface area contributed by atoms with Crippen molar-refractivity contribution in [3.05, 3.63) is 57.8 Å². The molecule has 0 atom stereocenters. The van der Waals surface area contributed by atoms with Gasteiger partial charge in [0.2, 0.25) is 0 Å². The lowest BCUT2D eigenvalue weighted by atomic mass is 9.95. The molecule has 0 saturated heterocycles. The molecule has 140 valence electrons. The molecule has 1 N–H and O–H groups in total. The van der Waals surface area contributed by atoms with Crippen molar-refractivity contribution in [1.29, 1.82) is 0 Å². The van der Waals surface area contributed by atoms with Crippen LogP contribution in [-0.2, 0) is 13.2 Å². The molecule has 0 unspecified atom stereocenters. The molecular weight excluding hydrogens is 397 g/mol. The third kappa shape index (κ3) is 4.77. The summed E-state index contributed by atoms with van der Waals surface area (Å²) in [5.74, 6) is 1.06. The van der Waals surface area contributed by atoms with Crippen LogP contribution in [0, 0.1) is 5.82 Å². The van der Waals surface area contributed by atoms with Crippen LogP contribution in [0.1, 0.15) is 43.2 Å². The molecule has 0 aliphatic heterocycles. The molecule has 1 aliphatic rings. The number of rotatable bonds is 7. The van der Waals surface area contributed by atoms with Crippen molar-refractivity contribution in [2.24, 2.45) is 0 Å². The number of ether oxygens (including phenoxy) is 2. The van der Waals surface area contributed by atoms with E-state index in [4.69, 9.17) is 9.47 Å². The maximum absolute atomic E-state index is 13.9. The Morgan fingerprint density at radius 1 is 1.12 bits per heavy atom. The first kappa shape index (κ1) is 19.2. The number of halogens is 2. The molecule has 26 heavy (non-hydrogen) atoms. The van der Waals surface area contributed by atoms with Crippen LogP contribution in [0.2, 0.25) is 0 Å². The lowest BCUT2D eigenvalue weighted by molar-refractivity contribution is 0.274. The van der Waals surface area contributed by atoms with Gasteiger partial charge in [0.25, 0.3) is 0 Å². The lowest BCUT2D eigenvalue weighted by Crippen LogP contribution is -2.30. The fraction of sp³-hybridized carbons (Fsp3) is 0.429. The molecule has 3 nitrogen and oxygen atoms in total. The minimum absolute atomic E-state index is 0.163. The van der Waals surface area contributed by atoms with Crippen molar-refractivity contribution < 1.29 is 13.9 Å². The summed E-state index contributed by atoms with van der Waals surface area (Å²) >= 11 is 3.63. The molecule has 1 saturated carbocycles. The summed E-state index contributed by atoms with van der Waals surface area (Å²) < 4.78 is 26.4. The van der Waals surface area contributed by atoms with Gasteiger partial charge in [0.05, 0.1) is 7.11 Å². The van der Waals surface area contributed by atoms with Crippen molar-refractivity contribution >= 4 is 15.9 Å². The van der Waals surface area contributed by atoms with Crippen molar-refractivity contribution in [3.63, 3.8) is 0 Å². The van der Waals surface area contributed by atoms with Gasteiger partial charge in [-0.25, -0.2) is 4.39 Å². The Morgan fingerprint density at radius 3 is 2.62 bits per heavy atom. The second kappa shape index (κ2) is 9.38. The Balaban J connectivity index is 1.77. The van der Waals surface area contributed by atoms with Crippen molar-refractivity contribution in [2.75, 3.05) is 7.11 Å². The van der Waals surface area contributed by atoms with E-state index in [0.29, 0.717) is 29.6 Å². The average Bonchev–Trinajstić information content (AvgIpc) is 2.67. The molecule has 0 aromatic heterocycles. The Kier molecular flexibility index (Phi) is 6.92. The van der Waals surface area contributed by atoms with E-state index in [1.165, 1.54) is 38.2 Å². The van der Waals surface area contributed by atoms with Crippen LogP contribution in [0.3, 0.4) is 0 Å². The fourth-order valence-electron chi connectivity index (χ4n) is 3.38. The van der Waals surface area contributed by atoms with E-state index in [2.05, 4.69) is 21.2 Å². The second-order valence-electron chi connectivity index (χ2n) is 6.65. The molecular formula is C21H25BrFNO2. The van der Waals surface area contributed by atoms with Gasteiger partial charge in [-0.3, -0.25) is 0 Å². The molecule has 2 aromatic rings. The largest absolute Gasteiger partial charge is 0.493 e. The molecule has 2 aromatic carbocycles. The predicted molar refractivity (Wildman–Crippen MR) is 105 cm³/mol. The molecule has 5 heteroatoms. The smallest absolute Gasteiger partial charge is 0.167 e. The van der Waals surface area contributed by atoms with Crippen LogP contribution < -0.4 is 14.8 Å². The second-order valence-corrected chi connectivity index (χ2v) is 7.51. The summed E-state index contributed by atoms with van der Waals surface area (Å²) in [5, 5.41) is 3.64. The summed E-state index contributed by atoms with van der Waals surface area (Å²) in [6, 6.07) is 11.0. The van der Waals surface area contributed by atoms with E-state index in [1.54, 1.807) is 19.2 Å². The summed E-state index contributed by atoms with van der Waals surface area (Å²) in [4.78, 5) is 0. The highest BCUT2D eigenvalue weighted by Gasteiger charge is 2.18. The van der Waals surface area contributed by atoms with E-state index >= 15 is 0 Å². The minimum atomic E-state index is -0.261. The monoisotopic (exact) mass is 421 g/mol. The number of hydrogen-bond donors (Lipinski definition) is 1. The van der Waals surface area contributed by atoms with E-state index in [9.17, 15) is 4.39 Å². The van der Waals surface area contributed by atoms with Gasteiger partial charge in [-0.15, -0.1) is 0 Å². The summed E-state index contributed by atoms with van der Waals surface area (Å²) in [5.41, 5.74) is 1.53. The first-order valence-electron chi connectivity index (χ1n) is 9.14. The van der Waals surface area contributed by atoms with Crippen LogP contribution in [0.25, 0.3) is 0 Å². The quantitative estimate of drug-likeness (QED) is 0.630. The summed E-state index contributed by atoms with van der Waals surface area (Å²) in [6.07, 6.45) is 6.33. The number of hydrogen-bond acceptors (Lipinski definition) is 3. The van der Waals surface area contributed by atoms with Gasteiger partial charge >= 0.3 is 0 Å². The number of benzene rings is 2. The highest BCUT2D eigenvalue weighted by Crippen LogP contribution is 2.37. The third-order valence-corrected chi connectivity index (χ3v) is 5.63. The molecule has 0 heterocycles. The average molecular weight is 422 g/mol. The van der Waals surface area contributed by atoms with Crippen molar-refractivity contribution in [1.82, 2.24) is 5.32 Å². The zero-order valence-electron chi connectivity index (χ0n) is 15.1. The highest BCUT2D eigenvalue weighted by molar-refractivity contribution is 9.10. The van der Waals surface area contributed by atoms with Gasteiger partial charge in [0, 0.05) is 28.2 Å². The van der Waals surface area contributed by atoms with Crippen molar-refractivity contribution in [2.45, 2.75) is 51.3 Å². The maximum atomic E-state index is 13.9. The van der Waals surface area contributed by atoms with E-state index in [0.717, 1.165) is 10.0 Å². The predicted octanol–water partition coefficient (Wildman–Crippen LogP) is 5.60. The zero-order valence-corrected chi connectivity index (χ0v) is 16.6. The molecule has 3 rings (SSSR count). The standard InChI is InChI=1S/C21H25BrFNO2/c1-25-20-12-11-18(22)17(13-24-16-8-3-2-4-9-16)21(20)26-14-15-7-5-6-10-19(15)23/h5-7,10-12,16,24H,2-4,8-9,13-14H2,1H3. The van der Waals surface area contributed by atoms with Gasteiger partial charge < -0.3 is 14.8 Å². The van der Waals surface area contributed by atoms with Gasteiger partial charge in [-0.2, -0.15) is 0 Å². The van der Waals surface area contributed by atoms with Gasteiger partial charge in [0.15, 0.2) is 11.5 Å². The molecule has 0 bridgehead atoms. The van der Waals surface area contributed by atoms with Crippen LogP contribution in [0.4, 0.5) is 4.39 Å². The Hall–Kier alpha value is -1.59. The number of nitrogens with one attached hydrogen (secondary N) is 1. The topological polar surface area (TPSA) is 30.5 Å². The molecule has 0 radical (unpaired) electrons. The maximum Gasteiger partial charge on any atom is 0.167 e. The normalized spacial score (nSPS) is 15.0. The van der Waals surface area contributed by atoms with Crippen LogP contribution in [0.15, 0.2) is 40.9 Å². The Morgan fingerprint density at radius 2 is 1.88 bits per heavy atom. The summed E-state index contributed by atoms with van der Waals surface area (Å²) in [7, 11) is 1.62. The van der Waals surface area contributed by atoms with E-state index < -0.39 is 0 Å². The molecule has 1 aliphatic carbocycles. The van der Waals surface area contributed by atoms with Gasteiger partial charge in [-0.05, 0) is 31.0 Å². The minimum Gasteiger partial charge on any atom is -0.493 e. The van der Waals surface area contributed by atoms with Crippen LogP contribution in [-0.4, -0.2) is 13.2 Å². The third-order valence-electron chi connectivity index (χ3n) is 4.89. The van der Waals surface area contributed by atoms with Gasteiger partial charge in [-0.1, -0.05) is 53.4 Å². The Labute approximate surface area is 163 Å². The van der Waals surface area contributed by atoms with Crippen molar-refractivity contribution in [3.8, 4) is 11.5 Å². The Bertz CT molecular complexity index is 732. The molecule has 0 spiro atoms. The molecule has 0 amide bonds. The SMILES string of the molecule is COc1ccc(Br)c(CNC2CCCCC2)c1OCc1ccccc1F. The lowest BCUT2D eigenvalue weighted by Gasteiger charge is -2.24. The number of methoxy groups -OCH3 is 1. The highest BCUT2D eigenvalue weighted by atomic mass is 79.9. The van der Waals surface area contributed by atoms with Crippen LogP contribution in [0.5, 0.6) is 11.5 Å². The van der Waals surface area contributed by atoms with E-state index in [-0.39, 0.29) is 12.4 Å². The summed E-state index contributed by atoms with van der Waals surface area (Å²) in [6.45, 7) is 0.852. The first-order valence-corrected chi connectivity index (χ1v) is 9.93. The zero-order chi connectivity index (χ0) is 18.4. The molecule has 1 fully saturated rings. The fourth-order valence-corrected chi connectivity index (χ4v) is 3.84. The first-order chi connectivity index (χ1) is 12.7. The van der Waals surface area contributed by atoms with E-state index in [1.807, 2.05) is 18.2 Å².